The highest BCUT2D eigenvalue weighted by atomic mass is 19.2. The summed E-state index contributed by atoms with van der Waals surface area (Å²) in [5.41, 5.74) is -11.2. The van der Waals surface area contributed by atoms with Crippen molar-refractivity contribution in [1.29, 1.82) is 0 Å². The molecule has 8 aromatic rings. The van der Waals surface area contributed by atoms with Crippen LogP contribution in [-0.4, -0.2) is 163 Å². The number of fused-ring (bicyclic) bond motifs is 4. The molecule has 4 aromatic carbocycles. The van der Waals surface area contributed by atoms with Gasteiger partial charge < -0.3 is 79.6 Å². The van der Waals surface area contributed by atoms with Crippen molar-refractivity contribution in [3.05, 3.63) is 158 Å². The van der Waals surface area contributed by atoms with Gasteiger partial charge in [0, 0.05) is 150 Å². The largest absolute Gasteiger partial charge is 0.477 e. The van der Waals surface area contributed by atoms with Gasteiger partial charge in [-0.3, -0.25) is 19.2 Å². The Bertz CT molecular complexity index is 4820. The first-order valence-electron chi connectivity index (χ1n) is 36.8. The van der Waals surface area contributed by atoms with E-state index in [1.807, 2.05) is 55.4 Å². The molecule has 112 heavy (non-hydrogen) atoms. The van der Waals surface area contributed by atoms with Gasteiger partial charge in [-0.2, -0.15) is 0 Å². The number of aromatic carboxylic acids is 4. The van der Waals surface area contributed by atoms with Crippen LogP contribution in [0.1, 0.15) is 172 Å². The maximum absolute atomic E-state index is 15.5. The minimum absolute atomic E-state index is 0.0682. The summed E-state index contributed by atoms with van der Waals surface area (Å²) in [6.45, 7) is 17.0. The van der Waals surface area contributed by atoms with Gasteiger partial charge in [-0.15, -0.1) is 0 Å². The van der Waals surface area contributed by atoms with Crippen LogP contribution in [0.4, 0.5) is 75.4 Å². The SMILES string of the molecule is C[C@@H]1CN(c2c(F)c(F)c3c(=O)c(C(=O)O)cn(C4CC4)c3c2F)C[C@H](C)N1.C[C@@H]1CN(c2c(F)c(F)c3c(=O)c(C(=O)O)cn(C4CC4)c3c2F)C[C@H](C)N1.C[C@@H]1CN(c2c(F)c(F)c3c(=O)c(C(=O)O)cn(C4CC4)c3c2F)C[C@H](C)N1.C[C@@H]1CN(c2c(F)c(F)c3c(=O)c(C(=O)O)cn(C4CC4)c3c2F)C[C@H](C)N1. The lowest BCUT2D eigenvalue weighted by Crippen LogP contribution is -2.54. The van der Waals surface area contributed by atoms with Crippen LogP contribution in [0.5, 0.6) is 0 Å². The quantitative estimate of drug-likeness (QED) is 0.0416. The van der Waals surface area contributed by atoms with Crippen molar-refractivity contribution in [2.75, 3.05) is 72.0 Å². The molecule has 0 radical (unpaired) electrons. The van der Waals surface area contributed by atoms with Crippen molar-refractivity contribution < 1.29 is 92.3 Å². The number of piperazine rings is 4. The fourth-order valence-corrected chi connectivity index (χ4v) is 16.3. The van der Waals surface area contributed by atoms with Crippen LogP contribution < -0.4 is 62.6 Å². The van der Waals surface area contributed by atoms with Gasteiger partial charge in [0.1, 0.15) is 45.0 Å². The molecule has 8 heterocycles. The van der Waals surface area contributed by atoms with Gasteiger partial charge in [-0.05, 0) is 107 Å². The fraction of sp³-hybridized carbons (Fsp3) is 0.474. The molecule has 8 atom stereocenters. The van der Waals surface area contributed by atoms with E-state index in [9.17, 15) is 93.9 Å². The van der Waals surface area contributed by atoms with Gasteiger partial charge in [0.15, 0.2) is 69.8 Å². The molecule has 4 aliphatic heterocycles. The fourth-order valence-electron chi connectivity index (χ4n) is 16.3. The molecular weight excluding hydrogens is 1500 g/mol. The van der Waals surface area contributed by atoms with E-state index in [0.717, 1.165) is 24.8 Å². The van der Waals surface area contributed by atoms with Gasteiger partial charge in [-0.1, -0.05) is 0 Å². The lowest BCUT2D eigenvalue weighted by molar-refractivity contribution is 0.0684. The van der Waals surface area contributed by atoms with Crippen LogP contribution in [-0.2, 0) is 0 Å². The number of hydrogen-bond donors (Lipinski definition) is 8. The highest BCUT2D eigenvalue weighted by Crippen LogP contribution is 2.46. The number of halogens is 12. The zero-order valence-corrected chi connectivity index (χ0v) is 61.7. The molecule has 0 unspecified atom stereocenters. The van der Waals surface area contributed by atoms with Gasteiger partial charge in [0.05, 0.1) is 43.6 Å². The van der Waals surface area contributed by atoms with Gasteiger partial charge in [0.2, 0.25) is 21.7 Å². The van der Waals surface area contributed by atoms with E-state index >= 15 is 17.6 Å². The molecule has 4 saturated carbocycles. The molecule has 8 fully saturated rings. The molecule has 600 valence electrons. The van der Waals surface area contributed by atoms with Crippen LogP contribution in [0.3, 0.4) is 0 Å². The molecule has 8 N–H and O–H groups in total. The molecule has 4 saturated heterocycles. The Morgan fingerprint density at radius 1 is 0.277 bits per heavy atom. The average molecular weight is 1580 g/mol. The summed E-state index contributed by atoms with van der Waals surface area (Å²) in [5.74, 6) is -22.2. The number of benzene rings is 4. The Kier molecular flexibility index (Phi) is 21.7. The van der Waals surface area contributed by atoms with Gasteiger partial charge in [-0.25, -0.2) is 71.9 Å². The number of nitrogens with one attached hydrogen (secondary N) is 4. The van der Waals surface area contributed by atoms with Crippen molar-refractivity contribution in [3.8, 4) is 0 Å². The minimum Gasteiger partial charge on any atom is -0.477 e. The summed E-state index contributed by atoms with van der Waals surface area (Å²) in [5, 5.41) is 46.6. The first-order valence-corrected chi connectivity index (χ1v) is 36.8. The summed E-state index contributed by atoms with van der Waals surface area (Å²) in [4.78, 5) is 101. The number of carboxylic acids is 4. The van der Waals surface area contributed by atoms with Crippen molar-refractivity contribution in [3.63, 3.8) is 0 Å². The molecule has 24 nitrogen and oxygen atoms in total. The minimum atomic E-state index is -1.56. The van der Waals surface area contributed by atoms with Crippen LogP contribution in [0.15, 0.2) is 44.0 Å². The number of rotatable bonds is 12. The third kappa shape index (κ3) is 14.7. The van der Waals surface area contributed by atoms with Crippen LogP contribution in [0, 0.1) is 69.8 Å². The zero-order valence-electron chi connectivity index (χ0n) is 61.7. The second-order valence-electron chi connectivity index (χ2n) is 30.8. The maximum Gasteiger partial charge on any atom is 0.341 e. The predicted molar refractivity (Wildman–Crippen MR) is 390 cm³/mol. The second-order valence-corrected chi connectivity index (χ2v) is 30.8. The van der Waals surface area contributed by atoms with E-state index in [1.165, 1.54) is 37.9 Å². The Morgan fingerprint density at radius 2 is 0.429 bits per heavy atom. The monoisotopic (exact) mass is 1580 g/mol. The van der Waals surface area contributed by atoms with Crippen LogP contribution in [0.2, 0.25) is 0 Å². The van der Waals surface area contributed by atoms with E-state index < -0.39 is 182 Å². The molecule has 16 rings (SSSR count). The van der Waals surface area contributed by atoms with E-state index in [-0.39, 0.29) is 147 Å². The highest BCUT2D eigenvalue weighted by Gasteiger charge is 2.42. The van der Waals surface area contributed by atoms with Gasteiger partial charge >= 0.3 is 23.9 Å². The molecule has 8 aliphatic rings. The van der Waals surface area contributed by atoms with E-state index in [0.29, 0.717) is 51.4 Å². The normalized spacial score (nSPS) is 22.7. The van der Waals surface area contributed by atoms with E-state index in [2.05, 4.69) is 21.3 Å². The summed E-state index contributed by atoms with van der Waals surface area (Å²) in [6.07, 6.45) is 9.32. The van der Waals surface area contributed by atoms with Crippen molar-refractivity contribution in [2.45, 2.75) is 179 Å². The average Bonchev–Trinajstić information content (AvgIpc) is 1.01. The van der Waals surface area contributed by atoms with Crippen molar-refractivity contribution in [2.24, 2.45) is 0 Å². The Morgan fingerprint density at radius 3 is 0.562 bits per heavy atom. The lowest BCUT2D eigenvalue weighted by Gasteiger charge is -2.38. The lowest BCUT2D eigenvalue weighted by atomic mass is 10.1. The Hall–Kier alpha value is -10.2. The predicted octanol–water partition coefficient (Wildman–Crippen LogP) is 10.6. The number of aromatic nitrogens is 4. The van der Waals surface area contributed by atoms with Crippen molar-refractivity contribution in [1.82, 2.24) is 39.5 Å². The summed E-state index contributed by atoms with van der Waals surface area (Å²) >= 11 is 0. The van der Waals surface area contributed by atoms with E-state index in [1.54, 1.807) is 0 Å². The summed E-state index contributed by atoms with van der Waals surface area (Å²) < 4.78 is 187. The van der Waals surface area contributed by atoms with Crippen LogP contribution >= 0.6 is 0 Å². The first kappa shape index (κ1) is 79.9. The topological polar surface area (TPSA) is 298 Å². The standard InChI is InChI=1S/4C19H20F3N3O3/c4*1-8-5-24(6-9(2)23-8)17-14(21)13(20)12-16(15(17)22)25(10-3-4-10)7-11(18(12)26)19(27)28/h4*7-10,23H,3-6H2,1-2H3,(H,27,28)/t4*8-,9+. The molecule has 0 spiro atoms. The summed E-state index contributed by atoms with van der Waals surface area (Å²) in [6, 6.07) is -1.51. The van der Waals surface area contributed by atoms with Gasteiger partial charge in [0.25, 0.3) is 0 Å². The number of carboxylic acid groups (broad SMARTS) is 4. The number of anilines is 4. The number of carbonyl (C=O) groups is 4. The Balaban J connectivity index is 0.000000131. The number of hydrogen-bond acceptors (Lipinski definition) is 16. The summed E-state index contributed by atoms with van der Waals surface area (Å²) in [7, 11) is 0. The maximum atomic E-state index is 15.5. The van der Waals surface area contributed by atoms with Crippen LogP contribution in [0.25, 0.3) is 43.6 Å². The molecule has 4 aliphatic carbocycles. The third-order valence-electron chi connectivity index (χ3n) is 21.3. The molecule has 0 amide bonds. The number of nitrogens with zero attached hydrogens (tertiary/aromatic N) is 8. The number of pyridine rings is 4. The molecule has 36 heteroatoms. The molecule has 4 aromatic heterocycles. The third-order valence-corrected chi connectivity index (χ3v) is 21.3. The smallest absolute Gasteiger partial charge is 0.341 e. The second kappa shape index (κ2) is 30.4. The molecule has 0 bridgehead atoms. The zero-order chi connectivity index (χ0) is 81.3. The van der Waals surface area contributed by atoms with E-state index in [4.69, 9.17) is 0 Å². The molecular formula is C76H80F12N12O12. The highest BCUT2D eigenvalue weighted by molar-refractivity contribution is 5.98. The van der Waals surface area contributed by atoms with Crippen molar-refractivity contribution >= 4 is 90.2 Å². The first-order chi connectivity index (χ1) is 52.8. The Labute approximate surface area is 628 Å².